The Labute approximate surface area is 134 Å². The molecule has 0 radical (unpaired) electrons. The zero-order valence-corrected chi connectivity index (χ0v) is 13.3. The van der Waals surface area contributed by atoms with E-state index in [1.54, 1.807) is 6.07 Å². The van der Waals surface area contributed by atoms with E-state index in [0.717, 1.165) is 5.69 Å². The summed E-state index contributed by atoms with van der Waals surface area (Å²) in [6.45, 7) is 3.90. The molecule has 1 heterocycles. The van der Waals surface area contributed by atoms with Gasteiger partial charge >= 0.3 is 0 Å². The molecule has 1 aliphatic heterocycles. The van der Waals surface area contributed by atoms with Gasteiger partial charge in [-0.2, -0.15) is 0 Å². The van der Waals surface area contributed by atoms with Crippen LogP contribution in [-0.2, 0) is 9.53 Å². The summed E-state index contributed by atoms with van der Waals surface area (Å²) in [4.78, 5) is 14.4. The molecule has 1 aromatic carbocycles. The topological polar surface area (TPSA) is 67.6 Å². The number of hydrogen-bond donors (Lipinski definition) is 2. The van der Waals surface area contributed by atoms with Crippen LogP contribution in [0.25, 0.3) is 0 Å². The van der Waals surface area contributed by atoms with E-state index in [0.29, 0.717) is 36.9 Å². The van der Waals surface area contributed by atoms with E-state index in [9.17, 15) is 4.79 Å². The predicted molar refractivity (Wildman–Crippen MR) is 88.0 cm³/mol. The van der Waals surface area contributed by atoms with E-state index in [4.69, 9.17) is 34.3 Å². The van der Waals surface area contributed by atoms with Crippen molar-refractivity contribution in [2.45, 2.75) is 13.0 Å². The Bertz CT molecular complexity index is 553. The van der Waals surface area contributed by atoms with Crippen LogP contribution in [-0.4, -0.2) is 43.2 Å². The minimum Gasteiger partial charge on any atom is -0.389 e. The third kappa shape index (κ3) is 3.45. The number of morpholine rings is 1. The average Bonchev–Trinajstić information content (AvgIpc) is 2.47. The molecule has 3 N–H and O–H groups in total. The third-order valence-corrected chi connectivity index (χ3v) is 3.85. The van der Waals surface area contributed by atoms with E-state index in [1.807, 2.05) is 24.0 Å². The number of amides is 1. The zero-order chi connectivity index (χ0) is 15.4. The van der Waals surface area contributed by atoms with Crippen LogP contribution in [0, 0.1) is 0 Å². The standard InChI is InChI=1S/C14H18ClN3O2S/c1-2-17-14(19)11-8-20-7-6-18(11)10-5-3-4-9(15)12(10)13(16)21/h3-5,11H,2,6-8H2,1H3,(H2,16,21)(H,17,19). The van der Waals surface area contributed by atoms with E-state index in [2.05, 4.69) is 5.32 Å². The Morgan fingerprint density at radius 1 is 1.62 bits per heavy atom. The molecule has 1 atom stereocenters. The van der Waals surface area contributed by atoms with Crippen molar-refractivity contribution < 1.29 is 9.53 Å². The largest absolute Gasteiger partial charge is 0.389 e. The van der Waals surface area contributed by atoms with Crippen molar-refractivity contribution in [3.8, 4) is 0 Å². The van der Waals surface area contributed by atoms with Crippen molar-refractivity contribution in [1.82, 2.24) is 5.32 Å². The second kappa shape index (κ2) is 7.06. The maximum Gasteiger partial charge on any atom is 0.245 e. The molecule has 0 bridgehead atoms. The Balaban J connectivity index is 2.40. The second-order valence-corrected chi connectivity index (χ2v) is 5.52. The van der Waals surface area contributed by atoms with Crippen LogP contribution in [0.5, 0.6) is 0 Å². The van der Waals surface area contributed by atoms with Gasteiger partial charge in [0.2, 0.25) is 5.91 Å². The highest BCUT2D eigenvalue weighted by atomic mass is 35.5. The highest BCUT2D eigenvalue weighted by molar-refractivity contribution is 7.80. The minimum absolute atomic E-state index is 0.0777. The molecule has 0 aliphatic carbocycles. The molecule has 21 heavy (non-hydrogen) atoms. The lowest BCUT2D eigenvalue weighted by Gasteiger charge is -2.37. The third-order valence-electron chi connectivity index (χ3n) is 3.33. The Morgan fingerprint density at radius 2 is 2.38 bits per heavy atom. The summed E-state index contributed by atoms with van der Waals surface area (Å²) in [6.07, 6.45) is 0. The predicted octanol–water partition coefficient (Wildman–Crippen LogP) is 1.32. The Hall–Kier alpha value is -1.37. The minimum atomic E-state index is -0.412. The summed E-state index contributed by atoms with van der Waals surface area (Å²) < 4.78 is 5.43. The molecule has 7 heteroatoms. The number of likely N-dealkylation sites (N-methyl/N-ethyl adjacent to an activating group) is 1. The van der Waals surface area contributed by atoms with Crippen molar-refractivity contribution in [3.63, 3.8) is 0 Å². The number of carbonyl (C=O) groups is 1. The quantitative estimate of drug-likeness (QED) is 0.816. The average molecular weight is 328 g/mol. The number of ether oxygens (including phenoxy) is 1. The zero-order valence-electron chi connectivity index (χ0n) is 11.8. The fraction of sp³-hybridized carbons (Fsp3) is 0.429. The van der Waals surface area contributed by atoms with Gasteiger partial charge in [-0.1, -0.05) is 29.9 Å². The van der Waals surface area contributed by atoms with Crippen molar-refractivity contribution in [2.24, 2.45) is 5.73 Å². The normalized spacial score (nSPS) is 18.4. The van der Waals surface area contributed by atoms with E-state index in [1.165, 1.54) is 0 Å². The Morgan fingerprint density at radius 3 is 3.05 bits per heavy atom. The van der Waals surface area contributed by atoms with Gasteiger partial charge in [-0.25, -0.2) is 0 Å². The number of rotatable bonds is 4. The fourth-order valence-electron chi connectivity index (χ4n) is 2.40. The second-order valence-electron chi connectivity index (χ2n) is 4.68. The highest BCUT2D eigenvalue weighted by Gasteiger charge is 2.31. The molecule has 0 spiro atoms. The Kier molecular flexibility index (Phi) is 5.39. The summed E-state index contributed by atoms with van der Waals surface area (Å²) in [6, 6.07) is 5.02. The summed E-state index contributed by atoms with van der Waals surface area (Å²) >= 11 is 11.3. The molecule has 1 saturated heterocycles. The molecule has 1 aliphatic rings. The molecular weight excluding hydrogens is 310 g/mol. The summed E-state index contributed by atoms with van der Waals surface area (Å²) in [5, 5.41) is 3.31. The van der Waals surface area contributed by atoms with Gasteiger partial charge < -0.3 is 20.7 Å². The first-order valence-corrected chi connectivity index (χ1v) is 7.55. The van der Waals surface area contributed by atoms with Crippen LogP contribution in [0.3, 0.4) is 0 Å². The molecule has 1 amide bonds. The molecular formula is C14H18ClN3O2S. The monoisotopic (exact) mass is 327 g/mol. The highest BCUT2D eigenvalue weighted by Crippen LogP contribution is 2.30. The van der Waals surface area contributed by atoms with Crippen molar-refractivity contribution in [3.05, 3.63) is 28.8 Å². The van der Waals surface area contributed by atoms with Gasteiger partial charge in [-0.3, -0.25) is 4.79 Å². The number of nitrogens with one attached hydrogen (secondary N) is 1. The van der Waals surface area contributed by atoms with Crippen LogP contribution < -0.4 is 16.0 Å². The van der Waals surface area contributed by atoms with Crippen LogP contribution in [0.15, 0.2) is 18.2 Å². The SMILES string of the molecule is CCNC(=O)C1COCCN1c1cccc(Cl)c1C(N)=S. The van der Waals surface area contributed by atoms with Gasteiger partial charge in [0.25, 0.3) is 0 Å². The molecule has 0 saturated carbocycles. The van der Waals surface area contributed by atoms with Gasteiger partial charge in [0.05, 0.1) is 23.8 Å². The lowest BCUT2D eigenvalue weighted by atomic mass is 10.1. The van der Waals surface area contributed by atoms with Crippen LogP contribution in [0.1, 0.15) is 12.5 Å². The first-order chi connectivity index (χ1) is 10.1. The van der Waals surface area contributed by atoms with Crippen molar-refractivity contribution in [2.75, 3.05) is 31.2 Å². The maximum absolute atomic E-state index is 12.2. The van der Waals surface area contributed by atoms with Crippen molar-refractivity contribution in [1.29, 1.82) is 0 Å². The molecule has 114 valence electrons. The van der Waals surface area contributed by atoms with Crippen LogP contribution in [0.2, 0.25) is 5.02 Å². The van der Waals surface area contributed by atoms with E-state index >= 15 is 0 Å². The van der Waals surface area contributed by atoms with E-state index in [-0.39, 0.29) is 10.9 Å². The number of thiocarbonyl (C=S) groups is 1. The van der Waals surface area contributed by atoms with Gasteiger partial charge in [0, 0.05) is 18.8 Å². The number of carbonyl (C=O) groups excluding carboxylic acids is 1. The molecule has 2 rings (SSSR count). The molecule has 1 fully saturated rings. The lowest BCUT2D eigenvalue weighted by molar-refractivity contribution is -0.124. The van der Waals surface area contributed by atoms with Gasteiger partial charge in [0.15, 0.2) is 0 Å². The number of nitrogens with zero attached hydrogens (tertiary/aromatic N) is 1. The van der Waals surface area contributed by atoms with Gasteiger partial charge in [-0.05, 0) is 19.1 Å². The molecule has 0 aromatic heterocycles. The summed E-state index contributed by atoms with van der Waals surface area (Å²) in [5.74, 6) is -0.0777. The smallest absolute Gasteiger partial charge is 0.245 e. The summed E-state index contributed by atoms with van der Waals surface area (Å²) in [7, 11) is 0. The summed E-state index contributed by atoms with van der Waals surface area (Å²) in [5.41, 5.74) is 7.17. The number of nitrogens with two attached hydrogens (primary N) is 1. The first kappa shape index (κ1) is 16.0. The number of anilines is 1. The molecule has 5 nitrogen and oxygen atoms in total. The van der Waals surface area contributed by atoms with Crippen LogP contribution >= 0.6 is 23.8 Å². The van der Waals surface area contributed by atoms with Gasteiger partial charge in [-0.15, -0.1) is 0 Å². The van der Waals surface area contributed by atoms with Gasteiger partial charge in [0.1, 0.15) is 11.0 Å². The fourth-order valence-corrected chi connectivity index (χ4v) is 2.94. The molecule has 1 unspecified atom stereocenters. The number of benzene rings is 1. The first-order valence-electron chi connectivity index (χ1n) is 6.76. The van der Waals surface area contributed by atoms with Crippen LogP contribution in [0.4, 0.5) is 5.69 Å². The number of hydrogen-bond acceptors (Lipinski definition) is 4. The lowest BCUT2D eigenvalue weighted by Crippen LogP contribution is -2.54. The number of halogens is 1. The molecule has 1 aromatic rings. The van der Waals surface area contributed by atoms with Crippen molar-refractivity contribution >= 4 is 40.4 Å². The maximum atomic E-state index is 12.2. The van der Waals surface area contributed by atoms with E-state index < -0.39 is 6.04 Å².